The van der Waals surface area contributed by atoms with Gasteiger partial charge in [0.25, 0.3) is 0 Å². The third kappa shape index (κ3) is 4.09. The number of hydrogen-bond acceptors (Lipinski definition) is 6. The van der Waals surface area contributed by atoms with Gasteiger partial charge in [0.05, 0.1) is 15.9 Å². The monoisotopic (exact) mass is 372 g/mol. The molecule has 1 fully saturated rings. The topological polar surface area (TPSA) is 84.3 Å². The van der Waals surface area contributed by atoms with E-state index in [0.29, 0.717) is 10.8 Å². The quantitative estimate of drug-likeness (QED) is 0.640. The minimum atomic E-state index is -3.22. The lowest BCUT2D eigenvalue weighted by Gasteiger charge is -2.11. The highest BCUT2D eigenvalue weighted by Gasteiger charge is 2.30. The van der Waals surface area contributed by atoms with Gasteiger partial charge in [-0.05, 0) is 57.4 Å². The Morgan fingerprint density at radius 3 is 2.23 bits per heavy atom. The number of aromatic nitrogens is 2. The van der Waals surface area contributed by atoms with Crippen LogP contribution in [0.5, 0.6) is 0 Å². The van der Waals surface area contributed by atoms with Crippen LogP contribution < -0.4 is 5.43 Å². The fourth-order valence-electron chi connectivity index (χ4n) is 3.25. The second-order valence-electron chi connectivity index (χ2n) is 6.76. The van der Waals surface area contributed by atoms with Crippen LogP contribution in [-0.4, -0.2) is 29.3 Å². The normalized spacial score (nSPS) is 16.0. The summed E-state index contributed by atoms with van der Waals surface area (Å²) in [4.78, 5) is 8.96. The Kier molecular flexibility index (Phi) is 5.36. The van der Waals surface area contributed by atoms with Gasteiger partial charge in [-0.2, -0.15) is 5.10 Å². The van der Waals surface area contributed by atoms with Crippen molar-refractivity contribution in [3.05, 3.63) is 47.3 Å². The molecule has 0 aliphatic heterocycles. The first-order chi connectivity index (χ1) is 12.4. The molecule has 1 aromatic carbocycles. The van der Waals surface area contributed by atoms with Crippen LogP contribution in [0.2, 0.25) is 0 Å². The molecule has 1 saturated carbocycles. The molecule has 0 spiro atoms. The summed E-state index contributed by atoms with van der Waals surface area (Å²) in [5.74, 6) is 0.447. The molecule has 0 bridgehead atoms. The molecule has 0 atom stereocenters. The van der Waals surface area contributed by atoms with Gasteiger partial charge < -0.3 is 0 Å². The largest absolute Gasteiger partial charge is 0.245 e. The predicted molar refractivity (Wildman–Crippen MR) is 103 cm³/mol. The van der Waals surface area contributed by atoms with Crippen molar-refractivity contribution in [2.45, 2.75) is 56.6 Å². The Hall–Kier alpha value is -2.28. The van der Waals surface area contributed by atoms with E-state index in [1.807, 2.05) is 26.8 Å². The van der Waals surface area contributed by atoms with Crippen LogP contribution >= 0.6 is 0 Å². The Morgan fingerprint density at radius 2 is 1.65 bits per heavy atom. The molecule has 1 aliphatic carbocycles. The van der Waals surface area contributed by atoms with E-state index in [2.05, 4.69) is 20.5 Å². The Labute approximate surface area is 154 Å². The lowest BCUT2D eigenvalue weighted by molar-refractivity contribution is 0.579. The van der Waals surface area contributed by atoms with Gasteiger partial charge in [-0.15, -0.1) is 0 Å². The van der Waals surface area contributed by atoms with Gasteiger partial charge >= 0.3 is 0 Å². The number of rotatable bonds is 5. The smallest absolute Gasteiger partial charge is 0.243 e. The van der Waals surface area contributed by atoms with Crippen LogP contribution in [0.25, 0.3) is 0 Å². The molecule has 2 aromatic rings. The van der Waals surface area contributed by atoms with Crippen molar-refractivity contribution >= 4 is 21.5 Å². The van der Waals surface area contributed by atoms with Gasteiger partial charge in [-0.1, -0.05) is 25.0 Å². The number of aryl methyl sites for hydroxylation is 2. The van der Waals surface area contributed by atoms with Crippen molar-refractivity contribution in [3.63, 3.8) is 0 Å². The second kappa shape index (κ2) is 7.53. The molecule has 6 nitrogen and oxygen atoms in total. The first-order valence-electron chi connectivity index (χ1n) is 8.83. The maximum Gasteiger partial charge on any atom is 0.243 e. The van der Waals surface area contributed by atoms with E-state index in [1.54, 1.807) is 24.3 Å². The van der Waals surface area contributed by atoms with Crippen LogP contribution in [0.1, 0.15) is 49.6 Å². The summed E-state index contributed by atoms with van der Waals surface area (Å²) in [6.45, 7) is 5.66. The summed E-state index contributed by atoms with van der Waals surface area (Å²) in [6.07, 6.45) is 3.54. The number of nitrogens with one attached hydrogen (secondary N) is 1. The van der Waals surface area contributed by atoms with Gasteiger partial charge in [0, 0.05) is 11.4 Å². The van der Waals surface area contributed by atoms with Crippen molar-refractivity contribution in [2.75, 3.05) is 5.43 Å². The second-order valence-corrected chi connectivity index (χ2v) is 8.99. The molecule has 3 rings (SSSR count). The molecule has 0 amide bonds. The molecule has 1 heterocycles. The zero-order chi connectivity index (χ0) is 18.7. The minimum absolute atomic E-state index is 0.230. The Bertz CT molecular complexity index is 895. The minimum Gasteiger partial charge on any atom is -0.245 e. The standard InChI is InChI=1S/C19H24N4O2S/c1-13-12-14(2)21-19(20-13)23-22-15(3)16-8-10-18(11-9-16)26(24,25)17-6-4-5-7-17/h8-12,17H,4-7H2,1-3H3,(H,20,21,23)/b22-15+. The maximum absolute atomic E-state index is 12.6. The molecular weight excluding hydrogens is 348 g/mol. The van der Waals surface area contributed by atoms with Gasteiger partial charge in [0.2, 0.25) is 5.95 Å². The van der Waals surface area contributed by atoms with Crippen LogP contribution in [0.3, 0.4) is 0 Å². The van der Waals surface area contributed by atoms with E-state index >= 15 is 0 Å². The fourth-order valence-corrected chi connectivity index (χ4v) is 5.11. The molecule has 26 heavy (non-hydrogen) atoms. The van der Waals surface area contributed by atoms with E-state index in [0.717, 1.165) is 48.3 Å². The summed E-state index contributed by atoms with van der Waals surface area (Å²) in [6, 6.07) is 8.84. The Balaban J connectivity index is 1.75. The van der Waals surface area contributed by atoms with E-state index in [1.165, 1.54) is 0 Å². The highest BCUT2D eigenvalue weighted by molar-refractivity contribution is 7.92. The summed E-state index contributed by atoms with van der Waals surface area (Å²) in [7, 11) is -3.22. The van der Waals surface area contributed by atoms with Crippen LogP contribution in [0.4, 0.5) is 5.95 Å². The Morgan fingerprint density at radius 1 is 1.08 bits per heavy atom. The average molecular weight is 372 g/mol. The van der Waals surface area contributed by atoms with E-state index < -0.39 is 9.84 Å². The van der Waals surface area contributed by atoms with Gasteiger partial charge in [-0.25, -0.2) is 23.8 Å². The molecule has 138 valence electrons. The fraction of sp³-hybridized carbons (Fsp3) is 0.421. The predicted octanol–water partition coefficient (Wildman–Crippen LogP) is 3.65. The van der Waals surface area contributed by atoms with Crippen molar-refractivity contribution in [1.82, 2.24) is 9.97 Å². The van der Waals surface area contributed by atoms with Crippen molar-refractivity contribution < 1.29 is 8.42 Å². The van der Waals surface area contributed by atoms with Crippen LogP contribution in [0, 0.1) is 13.8 Å². The highest BCUT2D eigenvalue weighted by Crippen LogP contribution is 2.29. The van der Waals surface area contributed by atoms with Gasteiger partial charge in [0.15, 0.2) is 9.84 Å². The number of nitrogens with zero attached hydrogens (tertiary/aromatic N) is 3. The van der Waals surface area contributed by atoms with Gasteiger partial charge in [0.1, 0.15) is 0 Å². The molecule has 1 aliphatic rings. The van der Waals surface area contributed by atoms with Gasteiger partial charge in [-0.3, -0.25) is 0 Å². The number of sulfone groups is 1. The summed E-state index contributed by atoms with van der Waals surface area (Å²) in [5, 5.41) is 4.08. The molecule has 1 aromatic heterocycles. The van der Waals surface area contributed by atoms with E-state index in [-0.39, 0.29) is 5.25 Å². The average Bonchev–Trinajstić information content (AvgIpc) is 3.14. The molecule has 0 saturated heterocycles. The first-order valence-corrected chi connectivity index (χ1v) is 10.4. The molecule has 0 unspecified atom stereocenters. The number of hydrogen-bond donors (Lipinski definition) is 1. The van der Waals surface area contributed by atoms with Crippen LogP contribution in [-0.2, 0) is 9.84 Å². The van der Waals surface area contributed by atoms with Crippen LogP contribution in [0.15, 0.2) is 40.3 Å². The molecule has 7 heteroatoms. The summed E-state index contributed by atoms with van der Waals surface area (Å²) in [5.41, 5.74) is 6.19. The number of hydrazone groups is 1. The molecule has 0 radical (unpaired) electrons. The lowest BCUT2D eigenvalue weighted by Crippen LogP contribution is -2.17. The number of anilines is 1. The first kappa shape index (κ1) is 18.5. The van der Waals surface area contributed by atoms with Crippen molar-refractivity contribution in [2.24, 2.45) is 5.10 Å². The summed E-state index contributed by atoms with van der Waals surface area (Å²) < 4.78 is 25.3. The molecular formula is C19H24N4O2S. The summed E-state index contributed by atoms with van der Waals surface area (Å²) >= 11 is 0. The van der Waals surface area contributed by atoms with E-state index in [9.17, 15) is 8.42 Å². The van der Waals surface area contributed by atoms with E-state index in [4.69, 9.17) is 0 Å². The van der Waals surface area contributed by atoms with Crippen molar-refractivity contribution in [3.8, 4) is 0 Å². The zero-order valence-electron chi connectivity index (χ0n) is 15.4. The van der Waals surface area contributed by atoms with Crippen molar-refractivity contribution in [1.29, 1.82) is 0 Å². The lowest BCUT2D eigenvalue weighted by atomic mass is 10.1. The molecule has 1 N–H and O–H groups in total. The SMILES string of the molecule is C/C(=N\Nc1nc(C)cc(C)n1)c1ccc(S(=O)(=O)C2CCCC2)cc1. The third-order valence-corrected chi connectivity index (χ3v) is 6.93. The number of benzene rings is 1. The zero-order valence-corrected chi connectivity index (χ0v) is 16.2. The maximum atomic E-state index is 12.6. The highest BCUT2D eigenvalue weighted by atomic mass is 32.2. The third-order valence-electron chi connectivity index (χ3n) is 4.65.